The smallest absolute Gasteiger partial charge is 0.369 e. The molecule has 2 fully saturated rings. The van der Waals surface area contributed by atoms with Gasteiger partial charge in [-0.3, -0.25) is 9.59 Å². The van der Waals surface area contributed by atoms with Crippen molar-refractivity contribution in [2.75, 3.05) is 26.2 Å². The molecule has 2 aromatic carbocycles. The third-order valence-electron chi connectivity index (χ3n) is 8.15. The third-order valence-corrected chi connectivity index (χ3v) is 10.7. The van der Waals surface area contributed by atoms with Gasteiger partial charge in [-0.1, -0.05) is 24.3 Å². The van der Waals surface area contributed by atoms with Crippen molar-refractivity contribution in [2.24, 2.45) is 5.92 Å². The quantitative estimate of drug-likeness (QED) is 0.396. The minimum Gasteiger partial charge on any atom is -0.369 e. The first-order valence-corrected chi connectivity index (χ1v) is 14.3. The number of hydrogen-bond donors (Lipinski definition) is 1. The number of alkyl halides is 6. The molecule has 42 heavy (non-hydrogen) atoms. The summed E-state index contributed by atoms with van der Waals surface area (Å²) in [6.07, 6.45) is -12.8. The molecule has 7 nitrogen and oxygen atoms in total. The second kappa shape index (κ2) is 10.8. The zero-order valence-corrected chi connectivity index (χ0v) is 23.0. The summed E-state index contributed by atoms with van der Waals surface area (Å²) in [5.41, 5.74) is -6.95. The molecular weight excluding hydrogens is 597 g/mol. The lowest BCUT2D eigenvalue weighted by atomic mass is 9.88. The molecule has 15 heteroatoms. The summed E-state index contributed by atoms with van der Waals surface area (Å²) >= 11 is 0. The van der Waals surface area contributed by atoms with Crippen LogP contribution in [0.3, 0.4) is 0 Å². The molecule has 2 aliphatic rings. The van der Waals surface area contributed by atoms with Crippen LogP contribution < -0.4 is 0 Å². The maximum absolute atomic E-state index is 14.0. The van der Waals surface area contributed by atoms with Crippen molar-refractivity contribution in [3.05, 3.63) is 65.5 Å². The van der Waals surface area contributed by atoms with Gasteiger partial charge < -0.3 is 14.9 Å². The number of rotatable bonds is 5. The summed E-state index contributed by atoms with van der Waals surface area (Å²) in [5, 5.41) is 9.77. The number of nitrogens with zero attached hydrogens (tertiary/aromatic N) is 2. The van der Waals surface area contributed by atoms with E-state index < -0.39 is 55.7 Å². The second-order valence-corrected chi connectivity index (χ2v) is 12.8. The largest absolute Gasteiger partial charge is 0.430 e. The second-order valence-electron chi connectivity index (χ2n) is 10.5. The standard InChI is InChI=1S/C27H27F7N2O5S/c1-17(37)35-12-14-36(15-13-35)23(38)18-10-11-24(16-18,42(40,41)22-8-6-21(28)7-9-22)19-2-4-20(5-3-19)25(39,26(29,30)31)27(32,33)34/h2-9,18,39H,10-16H2,1H3/t18-,24+/m1/s1. The summed E-state index contributed by atoms with van der Waals surface area (Å²) in [7, 11) is -4.49. The van der Waals surface area contributed by atoms with Gasteiger partial charge in [0, 0.05) is 44.6 Å². The molecule has 1 saturated carbocycles. The van der Waals surface area contributed by atoms with Gasteiger partial charge in [-0.05, 0) is 49.1 Å². The van der Waals surface area contributed by atoms with E-state index in [1.807, 2.05) is 0 Å². The molecule has 2 aromatic rings. The minimum atomic E-state index is -6.14. The molecule has 0 spiro atoms. The Kier molecular flexibility index (Phi) is 8.17. The number of hydrogen-bond acceptors (Lipinski definition) is 5. The molecule has 1 aliphatic carbocycles. The number of halogens is 7. The van der Waals surface area contributed by atoms with Gasteiger partial charge in [0.05, 0.1) is 4.90 Å². The Hall–Kier alpha value is -3.20. The van der Waals surface area contributed by atoms with E-state index in [1.165, 1.54) is 11.8 Å². The molecule has 230 valence electrons. The molecule has 0 bridgehead atoms. The average molecular weight is 625 g/mol. The van der Waals surface area contributed by atoms with Crippen LogP contribution in [0.2, 0.25) is 0 Å². The van der Waals surface area contributed by atoms with E-state index in [0.717, 1.165) is 36.4 Å². The molecule has 1 aliphatic heterocycles. The van der Waals surface area contributed by atoms with Crippen molar-refractivity contribution in [3.8, 4) is 0 Å². The third kappa shape index (κ3) is 5.25. The summed E-state index contributed by atoms with van der Waals surface area (Å²) in [6.45, 7) is 2.34. The van der Waals surface area contributed by atoms with Gasteiger partial charge in [-0.2, -0.15) is 26.3 Å². The lowest BCUT2D eigenvalue weighted by molar-refractivity contribution is -0.376. The highest BCUT2D eigenvalue weighted by molar-refractivity contribution is 7.92. The number of sulfone groups is 1. The lowest BCUT2D eigenvalue weighted by Crippen LogP contribution is -2.53. The number of carbonyl (C=O) groups excluding carboxylic acids is 2. The number of benzene rings is 2. The predicted octanol–water partition coefficient (Wildman–Crippen LogP) is 4.30. The first-order chi connectivity index (χ1) is 19.3. The lowest BCUT2D eigenvalue weighted by Gasteiger charge is -2.36. The van der Waals surface area contributed by atoms with Gasteiger partial charge in [-0.25, -0.2) is 12.8 Å². The molecule has 1 N–H and O–H groups in total. The Balaban J connectivity index is 1.74. The predicted molar refractivity (Wildman–Crippen MR) is 134 cm³/mol. The molecule has 0 aromatic heterocycles. The van der Waals surface area contributed by atoms with Crippen LogP contribution in [-0.4, -0.2) is 73.7 Å². The first kappa shape index (κ1) is 31.7. The molecule has 2 atom stereocenters. The fraction of sp³-hybridized carbons (Fsp3) is 0.481. The zero-order valence-electron chi connectivity index (χ0n) is 22.2. The van der Waals surface area contributed by atoms with E-state index in [-0.39, 0.29) is 61.8 Å². The van der Waals surface area contributed by atoms with Crippen molar-refractivity contribution >= 4 is 21.7 Å². The highest BCUT2D eigenvalue weighted by Gasteiger charge is 2.71. The highest BCUT2D eigenvalue weighted by atomic mass is 32.2. The average Bonchev–Trinajstić information content (AvgIpc) is 3.39. The fourth-order valence-corrected chi connectivity index (χ4v) is 7.92. The van der Waals surface area contributed by atoms with E-state index >= 15 is 0 Å². The summed E-state index contributed by atoms with van der Waals surface area (Å²) in [6, 6.07) is 6.05. The Bertz CT molecular complexity index is 1420. The van der Waals surface area contributed by atoms with E-state index in [0.29, 0.717) is 12.1 Å². The van der Waals surface area contributed by atoms with E-state index in [9.17, 15) is 53.8 Å². The van der Waals surface area contributed by atoms with Crippen LogP contribution in [-0.2, 0) is 29.8 Å². The molecule has 0 radical (unpaired) electrons. The number of amides is 2. The van der Waals surface area contributed by atoms with Crippen LogP contribution in [0.5, 0.6) is 0 Å². The van der Waals surface area contributed by atoms with E-state index in [4.69, 9.17) is 0 Å². The minimum absolute atomic E-state index is 0.0307. The molecule has 2 amide bonds. The number of piperazine rings is 1. The summed E-state index contributed by atoms with van der Waals surface area (Å²) in [5.74, 6) is -2.17. The molecule has 4 rings (SSSR count). The van der Waals surface area contributed by atoms with Crippen molar-refractivity contribution in [2.45, 2.75) is 53.8 Å². The van der Waals surface area contributed by atoms with Gasteiger partial charge in [0.1, 0.15) is 10.6 Å². The maximum atomic E-state index is 14.0. The van der Waals surface area contributed by atoms with Crippen LogP contribution in [0.1, 0.15) is 37.3 Å². The topological polar surface area (TPSA) is 95.0 Å². The highest BCUT2D eigenvalue weighted by Crippen LogP contribution is 2.53. The maximum Gasteiger partial charge on any atom is 0.430 e. The van der Waals surface area contributed by atoms with Crippen molar-refractivity contribution < 1.29 is 53.8 Å². The van der Waals surface area contributed by atoms with E-state index in [2.05, 4.69) is 0 Å². The summed E-state index contributed by atoms with van der Waals surface area (Å²) < 4.78 is 120. The fourth-order valence-electron chi connectivity index (χ4n) is 5.72. The first-order valence-electron chi connectivity index (χ1n) is 12.9. The van der Waals surface area contributed by atoms with Crippen LogP contribution >= 0.6 is 0 Å². The number of aliphatic hydroxyl groups is 1. The van der Waals surface area contributed by atoms with Crippen molar-refractivity contribution in [3.63, 3.8) is 0 Å². The van der Waals surface area contributed by atoms with Crippen LogP contribution in [0.4, 0.5) is 30.7 Å². The van der Waals surface area contributed by atoms with Crippen molar-refractivity contribution in [1.29, 1.82) is 0 Å². The molecular formula is C27H27F7N2O5S. The Labute approximate surface area is 236 Å². The van der Waals surface area contributed by atoms with Gasteiger partial charge in [0.15, 0.2) is 9.84 Å². The zero-order chi connectivity index (χ0) is 31.3. The van der Waals surface area contributed by atoms with Crippen molar-refractivity contribution in [1.82, 2.24) is 9.80 Å². The van der Waals surface area contributed by atoms with Crippen LogP contribution in [0.25, 0.3) is 0 Å². The van der Waals surface area contributed by atoms with Gasteiger partial charge >= 0.3 is 12.4 Å². The molecule has 0 unspecified atom stereocenters. The monoisotopic (exact) mass is 624 g/mol. The van der Waals surface area contributed by atoms with E-state index in [1.54, 1.807) is 4.90 Å². The Morgan fingerprint density at radius 2 is 1.36 bits per heavy atom. The van der Waals surface area contributed by atoms with Gasteiger partial charge in [-0.15, -0.1) is 0 Å². The Morgan fingerprint density at radius 1 is 0.857 bits per heavy atom. The SMILES string of the molecule is CC(=O)N1CCN(C(=O)[C@@H]2CC[C@](c3ccc(C(O)(C(F)(F)F)C(F)(F)F)cc3)(S(=O)(=O)c3ccc(F)cc3)C2)CC1. The normalized spacial score (nSPS) is 22.4. The van der Waals surface area contributed by atoms with Crippen LogP contribution in [0, 0.1) is 11.7 Å². The van der Waals surface area contributed by atoms with Gasteiger partial charge in [0.25, 0.3) is 5.60 Å². The molecule has 1 heterocycles. The molecule has 1 saturated heterocycles. The number of carbonyl (C=O) groups is 2. The summed E-state index contributed by atoms with van der Waals surface area (Å²) in [4.78, 5) is 27.7. The van der Waals surface area contributed by atoms with Gasteiger partial charge in [0.2, 0.25) is 11.8 Å². The Morgan fingerprint density at radius 3 is 1.83 bits per heavy atom. The van der Waals surface area contributed by atoms with Crippen LogP contribution in [0.15, 0.2) is 53.4 Å².